The second-order valence-electron chi connectivity index (χ2n) is 29.3. The Hall–Kier alpha value is -7.82. The molecule has 29 heteroatoms. The summed E-state index contributed by atoms with van der Waals surface area (Å²) in [6.07, 6.45) is -1.71. The standard InChI is InChI=1S/C67H115N11O18/c1-40(2)37-49(77-54(82)44(69)38-42-28-30-43(31-29-42)92-63(4,5)6)58(86)78-50(39-52(80)94-65(10,11)12)59(87)75-47(32-33-51(79)93-64(7,8)9)57(85)74-46(26-21-24-36-71-62(91)96-67(16,17)18)56(84)73-45(25-20-23-35-70-61(90)95-66(13,14)15)55(83)72-41(3)53(81)76-48(60(88)89)27-19-22-34-68/h28-31,40-41,44-50H,19-27,32-39,68-69H2,1-18H3,(H,70,90)(H,71,91)(H,72,83)(H,73,84)(H,74,85)(H,75,87)(H,76,81)(H,77,82)(H,78,86)(H,88,89)/t41-,44-,45-,46-,47-,48-,49-,50-/m0/s1. The molecule has 96 heavy (non-hydrogen) atoms. The third kappa shape index (κ3) is 39.9. The van der Waals surface area contributed by atoms with Gasteiger partial charge in [0.15, 0.2) is 0 Å². The number of unbranched alkanes of at least 4 members (excludes halogenated alkanes) is 3. The van der Waals surface area contributed by atoms with E-state index in [1.807, 2.05) is 20.8 Å². The third-order valence-electron chi connectivity index (χ3n) is 13.3. The molecule has 0 bridgehead atoms. The van der Waals surface area contributed by atoms with E-state index in [1.165, 1.54) is 6.92 Å². The molecule has 0 radical (unpaired) electrons. The lowest BCUT2D eigenvalue weighted by atomic mass is 10.0. The molecular weight excluding hydrogens is 1250 g/mol. The number of hydrogen-bond donors (Lipinski definition) is 12. The van der Waals surface area contributed by atoms with E-state index in [4.69, 9.17) is 35.2 Å². The van der Waals surface area contributed by atoms with Crippen LogP contribution in [0.25, 0.3) is 0 Å². The van der Waals surface area contributed by atoms with Crippen molar-refractivity contribution in [1.82, 2.24) is 47.9 Å². The molecule has 14 N–H and O–H groups in total. The molecule has 0 aromatic heterocycles. The molecule has 0 saturated heterocycles. The van der Waals surface area contributed by atoms with Crippen molar-refractivity contribution < 1.29 is 86.3 Å². The zero-order chi connectivity index (χ0) is 73.5. The number of benzene rings is 1. The van der Waals surface area contributed by atoms with E-state index in [2.05, 4.69) is 47.9 Å². The molecule has 8 atom stereocenters. The van der Waals surface area contributed by atoms with Gasteiger partial charge in [-0.05, 0) is 218 Å². The number of carboxylic acid groups (broad SMARTS) is 1. The maximum atomic E-state index is 14.9. The number of nitrogens with one attached hydrogen (secondary N) is 9. The first-order valence-corrected chi connectivity index (χ1v) is 33.1. The minimum atomic E-state index is -1.80. The van der Waals surface area contributed by atoms with Crippen LogP contribution >= 0.6 is 0 Å². The molecule has 1 rings (SSSR count). The van der Waals surface area contributed by atoms with E-state index in [0.29, 0.717) is 30.7 Å². The van der Waals surface area contributed by atoms with E-state index in [9.17, 15) is 62.6 Å². The summed E-state index contributed by atoms with van der Waals surface area (Å²) < 4.78 is 27.7. The summed E-state index contributed by atoms with van der Waals surface area (Å²) in [5.41, 5.74) is 8.54. The molecule has 0 spiro atoms. The van der Waals surface area contributed by atoms with Crippen LogP contribution < -0.4 is 64.1 Å². The van der Waals surface area contributed by atoms with Crippen LogP contribution in [0.1, 0.15) is 214 Å². The molecule has 0 unspecified atom stereocenters. The third-order valence-corrected chi connectivity index (χ3v) is 13.3. The number of hydrogen-bond acceptors (Lipinski definition) is 19. The summed E-state index contributed by atoms with van der Waals surface area (Å²) in [4.78, 5) is 164. The van der Waals surface area contributed by atoms with Crippen LogP contribution in [0.4, 0.5) is 9.59 Å². The van der Waals surface area contributed by atoms with Crippen LogP contribution in [0.15, 0.2) is 24.3 Å². The van der Waals surface area contributed by atoms with Crippen molar-refractivity contribution >= 4 is 71.4 Å². The first kappa shape index (κ1) is 86.2. The van der Waals surface area contributed by atoms with Crippen LogP contribution in [-0.2, 0) is 73.3 Å². The van der Waals surface area contributed by atoms with Gasteiger partial charge in [-0.25, -0.2) is 14.4 Å². The lowest BCUT2D eigenvalue weighted by Gasteiger charge is -2.28. The molecular formula is C67H115N11O18. The quantitative estimate of drug-likeness (QED) is 0.0242. The predicted octanol–water partition coefficient (Wildman–Crippen LogP) is 4.65. The Morgan fingerprint density at radius 3 is 1.26 bits per heavy atom. The van der Waals surface area contributed by atoms with E-state index < -0.39 is 167 Å². The molecule has 0 aliphatic heterocycles. The molecule has 29 nitrogen and oxygen atoms in total. The monoisotopic (exact) mass is 1360 g/mol. The highest BCUT2D eigenvalue weighted by Gasteiger charge is 2.37. The fraction of sp³-hybridized carbons (Fsp3) is 0.731. The van der Waals surface area contributed by atoms with Crippen molar-refractivity contribution in [1.29, 1.82) is 0 Å². The van der Waals surface area contributed by atoms with Crippen LogP contribution in [-0.4, -0.2) is 173 Å². The summed E-state index contributed by atoms with van der Waals surface area (Å²) in [5, 5.41) is 33.2. The zero-order valence-electron chi connectivity index (χ0n) is 60.1. The normalized spacial score (nSPS) is 14.4. The van der Waals surface area contributed by atoms with Gasteiger partial charge in [-0.2, -0.15) is 0 Å². The van der Waals surface area contributed by atoms with Crippen LogP contribution in [0.2, 0.25) is 0 Å². The predicted molar refractivity (Wildman–Crippen MR) is 359 cm³/mol. The van der Waals surface area contributed by atoms with Crippen molar-refractivity contribution in [3.05, 3.63) is 29.8 Å². The molecule has 0 aliphatic rings. The van der Waals surface area contributed by atoms with Crippen molar-refractivity contribution in [3.63, 3.8) is 0 Å². The second kappa shape index (κ2) is 40.7. The van der Waals surface area contributed by atoms with Crippen molar-refractivity contribution in [3.8, 4) is 5.75 Å². The van der Waals surface area contributed by atoms with E-state index in [0.717, 1.165) is 0 Å². The molecule has 1 aromatic carbocycles. The number of ether oxygens (including phenoxy) is 5. The van der Waals surface area contributed by atoms with Gasteiger partial charge in [0, 0.05) is 19.5 Å². The highest BCUT2D eigenvalue weighted by Crippen LogP contribution is 2.20. The minimum Gasteiger partial charge on any atom is -0.488 e. The maximum Gasteiger partial charge on any atom is 0.407 e. The SMILES string of the molecule is CC(C)C[C@H](NC(=O)[C@@H](N)Cc1ccc(OC(C)(C)C)cc1)C(=O)N[C@@H](CC(=O)OC(C)(C)C)C(=O)N[C@@H](CCC(=O)OC(C)(C)C)C(=O)N[C@@H](CCCCNC(=O)OC(C)(C)C)C(=O)N[C@@H](CCCCNC(=O)OC(C)(C)C)C(=O)N[C@@H](C)C(=O)N[C@@H](CCCCN)C(=O)O. The summed E-state index contributed by atoms with van der Waals surface area (Å²) >= 11 is 0. The Bertz CT molecular complexity index is 2710. The Balaban J connectivity index is 3.93. The highest BCUT2D eigenvalue weighted by atomic mass is 16.6. The molecule has 0 aliphatic carbocycles. The molecule has 0 heterocycles. The summed E-state index contributed by atoms with van der Waals surface area (Å²) in [5.74, 6) is -9.15. The second-order valence-corrected chi connectivity index (χ2v) is 29.3. The zero-order valence-corrected chi connectivity index (χ0v) is 60.1. The van der Waals surface area contributed by atoms with Crippen LogP contribution in [0, 0.1) is 5.92 Å². The summed E-state index contributed by atoms with van der Waals surface area (Å²) in [7, 11) is 0. The number of rotatable bonds is 39. The number of amides is 9. The van der Waals surface area contributed by atoms with Gasteiger partial charge in [-0.1, -0.05) is 26.0 Å². The Labute approximate surface area is 567 Å². The first-order chi connectivity index (χ1) is 44.2. The highest BCUT2D eigenvalue weighted by molar-refractivity contribution is 5.98. The number of esters is 2. The van der Waals surface area contributed by atoms with Crippen LogP contribution in [0.5, 0.6) is 5.75 Å². The number of carbonyl (C=O) groups is 12. The number of carbonyl (C=O) groups excluding carboxylic acids is 11. The van der Waals surface area contributed by atoms with Gasteiger partial charge in [0.2, 0.25) is 41.4 Å². The lowest BCUT2D eigenvalue weighted by Crippen LogP contribution is -2.60. The van der Waals surface area contributed by atoms with Crippen molar-refractivity contribution in [2.75, 3.05) is 19.6 Å². The first-order valence-electron chi connectivity index (χ1n) is 33.1. The molecule has 1 aromatic rings. The van der Waals surface area contributed by atoms with Gasteiger partial charge < -0.3 is 88.1 Å². The molecule has 9 amide bonds. The number of alkyl carbamates (subject to hydrolysis) is 2. The van der Waals surface area contributed by atoms with E-state index >= 15 is 0 Å². The van der Waals surface area contributed by atoms with Gasteiger partial charge in [-0.3, -0.25) is 43.2 Å². The van der Waals surface area contributed by atoms with E-state index in [1.54, 1.807) is 121 Å². The van der Waals surface area contributed by atoms with Gasteiger partial charge in [0.05, 0.1) is 12.5 Å². The van der Waals surface area contributed by atoms with Gasteiger partial charge in [0.1, 0.15) is 76.0 Å². The minimum absolute atomic E-state index is 0.0384. The Morgan fingerprint density at radius 2 is 0.823 bits per heavy atom. The van der Waals surface area contributed by atoms with Gasteiger partial charge in [-0.15, -0.1) is 0 Å². The Morgan fingerprint density at radius 1 is 0.438 bits per heavy atom. The average Bonchev–Trinajstić information content (AvgIpc) is 0.873. The van der Waals surface area contributed by atoms with Crippen molar-refractivity contribution in [2.45, 2.75) is 291 Å². The van der Waals surface area contributed by atoms with Gasteiger partial charge >= 0.3 is 30.1 Å². The maximum absolute atomic E-state index is 14.9. The average molecular weight is 1360 g/mol. The largest absolute Gasteiger partial charge is 0.488 e. The molecule has 0 saturated carbocycles. The van der Waals surface area contributed by atoms with Crippen molar-refractivity contribution in [2.24, 2.45) is 17.4 Å². The smallest absolute Gasteiger partial charge is 0.407 e. The lowest BCUT2D eigenvalue weighted by molar-refractivity contribution is -0.157. The topological polar surface area (TPSA) is 432 Å². The van der Waals surface area contributed by atoms with Gasteiger partial charge in [0.25, 0.3) is 0 Å². The summed E-state index contributed by atoms with van der Waals surface area (Å²) in [6.45, 7) is 30.7. The number of carboxylic acids is 1. The molecule has 0 fully saturated rings. The molecule has 546 valence electrons. The van der Waals surface area contributed by atoms with E-state index in [-0.39, 0.29) is 76.8 Å². The van der Waals surface area contributed by atoms with Crippen LogP contribution in [0.3, 0.4) is 0 Å². The fourth-order valence-electron chi connectivity index (χ4n) is 9.07. The fourth-order valence-corrected chi connectivity index (χ4v) is 9.07. The number of aliphatic carboxylic acids is 1. The summed E-state index contributed by atoms with van der Waals surface area (Å²) in [6, 6.07) is -4.64. The Kier molecular flexibility index (Phi) is 36.5. The number of nitrogens with two attached hydrogens (primary N) is 2.